The van der Waals surface area contributed by atoms with Gasteiger partial charge in [0.25, 0.3) is 0 Å². The molecule has 286 valence electrons. The maximum absolute atomic E-state index is 12.4. The summed E-state index contributed by atoms with van der Waals surface area (Å²) in [5.74, 6) is 2.94. The Kier molecular flexibility index (Phi) is 38.8. The van der Waals surface area contributed by atoms with Crippen LogP contribution in [0.3, 0.4) is 0 Å². The van der Waals surface area contributed by atoms with Crippen molar-refractivity contribution in [3.8, 4) is 0 Å². The van der Waals surface area contributed by atoms with E-state index >= 15 is 0 Å². The number of ether oxygens (including phenoxy) is 2. The van der Waals surface area contributed by atoms with Gasteiger partial charge in [-0.25, -0.2) is 0 Å². The topological polar surface area (TPSA) is 59.0 Å². The largest absolute Gasteiger partial charge is 0.499 e. The standard InChI is InChI=1S/C39H77NO4S4/c1-6-10-14-16-24-37(22-12-8-3)47-45-34-20-18-32-43-36(5)26-28-40(30-31-41)29-27-39(42)44-33-19-21-35-46-48-38(23-13-9-4)25-17-15-11-7-2/h37-38,41H,5-35H2,1-4H3. The maximum Gasteiger partial charge on any atom is 0.307 e. The highest BCUT2D eigenvalue weighted by atomic mass is 33.1. The summed E-state index contributed by atoms with van der Waals surface area (Å²) < 4.78 is 11.4. The van der Waals surface area contributed by atoms with Gasteiger partial charge in [0.05, 0.1) is 32.0 Å². The molecule has 0 aliphatic rings. The molecular weight excluding hydrogens is 675 g/mol. The molecule has 0 aliphatic heterocycles. The molecule has 2 atom stereocenters. The van der Waals surface area contributed by atoms with E-state index in [0.29, 0.717) is 39.1 Å². The number of esters is 1. The van der Waals surface area contributed by atoms with E-state index in [0.717, 1.165) is 54.2 Å². The van der Waals surface area contributed by atoms with Crippen LogP contribution in [0.4, 0.5) is 0 Å². The van der Waals surface area contributed by atoms with Crippen LogP contribution in [-0.4, -0.2) is 77.4 Å². The lowest BCUT2D eigenvalue weighted by molar-refractivity contribution is -0.144. The predicted molar refractivity (Wildman–Crippen MR) is 222 cm³/mol. The van der Waals surface area contributed by atoms with Crippen LogP contribution in [0, 0.1) is 0 Å². The third kappa shape index (κ3) is 33.5. The zero-order valence-electron chi connectivity index (χ0n) is 31.8. The molecule has 9 heteroatoms. The average molecular weight is 752 g/mol. The van der Waals surface area contributed by atoms with Crippen LogP contribution in [0.2, 0.25) is 0 Å². The SMILES string of the molecule is C=C(CCN(CCO)CCC(=O)OCCCCSSC(CCCC)CCCCCC)OCCCCSSC(CCCC)CCCCCC. The summed E-state index contributed by atoms with van der Waals surface area (Å²) in [6, 6.07) is 0. The van der Waals surface area contributed by atoms with E-state index in [1.165, 1.54) is 108 Å². The maximum atomic E-state index is 12.4. The second-order valence-electron chi connectivity index (χ2n) is 13.2. The van der Waals surface area contributed by atoms with Gasteiger partial charge in [-0.2, -0.15) is 0 Å². The first kappa shape index (κ1) is 48.3. The molecular formula is C39H77NO4S4. The first-order valence-corrected chi connectivity index (χ1v) is 24.6. The zero-order valence-corrected chi connectivity index (χ0v) is 35.1. The third-order valence-corrected chi connectivity index (χ3v) is 14.6. The predicted octanol–water partition coefficient (Wildman–Crippen LogP) is 12.5. The van der Waals surface area contributed by atoms with Crippen molar-refractivity contribution in [1.82, 2.24) is 4.90 Å². The number of aliphatic hydroxyl groups excluding tert-OH is 1. The molecule has 0 aliphatic carbocycles. The van der Waals surface area contributed by atoms with E-state index in [9.17, 15) is 9.90 Å². The zero-order chi connectivity index (χ0) is 35.3. The molecule has 0 aromatic carbocycles. The van der Waals surface area contributed by atoms with Gasteiger partial charge >= 0.3 is 5.97 Å². The fourth-order valence-electron chi connectivity index (χ4n) is 5.31. The Balaban J connectivity index is 3.98. The summed E-state index contributed by atoms with van der Waals surface area (Å²) in [5, 5.41) is 11.1. The molecule has 0 saturated carbocycles. The summed E-state index contributed by atoms with van der Waals surface area (Å²) in [4.78, 5) is 14.5. The van der Waals surface area contributed by atoms with Gasteiger partial charge in [-0.15, -0.1) is 0 Å². The highest BCUT2D eigenvalue weighted by molar-refractivity contribution is 8.77. The molecule has 0 aromatic rings. The lowest BCUT2D eigenvalue weighted by Gasteiger charge is -2.21. The Morgan fingerprint density at radius 2 is 1.08 bits per heavy atom. The monoisotopic (exact) mass is 751 g/mol. The second kappa shape index (κ2) is 38.6. The molecule has 2 unspecified atom stereocenters. The third-order valence-electron chi connectivity index (χ3n) is 8.50. The fraction of sp³-hybridized carbons (Fsp3) is 0.923. The van der Waals surface area contributed by atoms with E-state index in [-0.39, 0.29) is 12.6 Å². The Labute approximate surface area is 314 Å². The van der Waals surface area contributed by atoms with Crippen LogP contribution in [-0.2, 0) is 14.3 Å². The molecule has 48 heavy (non-hydrogen) atoms. The smallest absolute Gasteiger partial charge is 0.307 e. The lowest BCUT2D eigenvalue weighted by Crippen LogP contribution is -2.31. The number of unbranched alkanes of at least 4 members (excludes halogenated alkanes) is 10. The number of carbonyl (C=O) groups excluding carboxylic acids is 1. The molecule has 0 radical (unpaired) electrons. The first-order chi connectivity index (χ1) is 23.5. The summed E-state index contributed by atoms with van der Waals surface area (Å²) in [5.41, 5.74) is 0. The van der Waals surface area contributed by atoms with Gasteiger partial charge in [-0.3, -0.25) is 4.79 Å². The van der Waals surface area contributed by atoms with E-state index in [4.69, 9.17) is 9.47 Å². The number of rotatable bonds is 39. The van der Waals surface area contributed by atoms with Gasteiger partial charge in [0.2, 0.25) is 0 Å². The molecule has 0 fully saturated rings. The number of carbonyl (C=O) groups is 1. The van der Waals surface area contributed by atoms with Gasteiger partial charge in [0.15, 0.2) is 0 Å². The van der Waals surface area contributed by atoms with Crippen LogP contribution in [0.1, 0.15) is 169 Å². The van der Waals surface area contributed by atoms with Gasteiger partial charge in [0, 0.05) is 48.1 Å². The summed E-state index contributed by atoms with van der Waals surface area (Å²) >= 11 is 0. The molecule has 5 nitrogen and oxygen atoms in total. The highest BCUT2D eigenvalue weighted by Crippen LogP contribution is 2.35. The van der Waals surface area contributed by atoms with Crippen molar-refractivity contribution in [3.63, 3.8) is 0 Å². The molecule has 0 bridgehead atoms. The second-order valence-corrected chi connectivity index (χ2v) is 18.7. The molecule has 0 amide bonds. The Morgan fingerprint density at radius 3 is 1.58 bits per heavy atom. The van der Waals surface area contributed by atoms with Crippen LogP contribution in [0.25, 0.3) is 0 Å². The van der Waals surface area contributed by atoms with Crippen molar-refractivity contribution < 1.29 is 19.4 Å². The Morgan fingerprint density at radius 1 is 0.604 bits per heavy atom. The van der Waals surface area contributed by atoms with E-state index in [1.54, 1.807) is 0 Å². The number of aliphatic hydroxyl groups is 1. The van der Waals surface area contributed by atoms with Crippen molar-refractivity contribution in [2.24, 2.45) is 0 Å². The minimum atomic E-state index is -0.147. The first-order valence-electron chi connectivity index (χ1n) is 19.9. The van der Waals surface area contributed by atoms with Gasteiger partial charge in [0.1, 0.15) is 0 Å². The van der Waals surface area contributed by atoms with Crippen molar-refractivity contribution >= 4 is 49.1 Å². The highest BCUT2D eigenvalue weighted by Gasteiger charge is 2.12. The molecule has 0 saturated heterocycles. The number of hydrogen-bond acceptors (Lipinski definition) is 9. The van der Waals surface area contributed by atoms with Gasteiger partial charge in [-0.1, -0.05) is 154 Å². The quantitative estimate of drug-likeness (QED) is 0.0286. The molecule has 1 N–H and O–H groups in total. The lowest BCUT2D eigenvalue weighted by atomic mass is 10.1. The van der Waals surface area contributed by atoms with Gasteiger partial charge in [-0.05, 0) is 51.4 Å². The van der Waals surface area contributed by atoms with Crippen molar-refractivity contribution in [3.05, 3.63) is 12.3 Å². The van der Waals surface area contributed by atoms with E-state index in [2.05, 4.69) is 60.8 Å². The van der Waals surface area contributed by atoms with E-state index < -0.39 is 0 Å². The fourth-order valence-corrected chi connectivity index (χ4v) is 11.2. The van der Waals surface area contributed by atoms with Crippen LogP contribution < -0.4 is 0 Å². The molecule has 0 heterocycles. The summed E-state index contributed by atoms with van der Waals surface area (Å²) in [7, 11) is 8.25. The molecule has 0 spiro atoms. The minimum Gasteiger partial charge on any atom is -0.499 e. The van der Waals surface area contributed by atoms with Crippen molar-refractivity contribution in [2.75, 3.05) is 51.0 Å². The van der Waals surface area contributed by atoms with E-state index in [1.807, 2.05) is 21.6 Å². The summed E-state index contributed by atoms with van der Waals surface area (Å²) in [6.07, 6.45) is 26.8. The Hall–Kier alpha value is 0.330. The van der Waals surface area contributed by atoms with Gasteiger partial charge < -0.3 is 19.5 Å². The average Bonchev–Trinajstić information content (AvgIpc) is 3.09. The number of nitrogens with zero attached hydrogens (tertiary/aromatic N) is 1. The van der Waals surface area contributed by atoms with Crippen LogP contribution in [0.15, 0.2) is 12.3 Å². The molecule has 0 rings (SSSR count). The molecule has 0 aromatic heterocycles. The Bertz CT molecular complexity index is 649. The van der Waals surface area contributed by atoms with Crippen LogP contribution in [0.5, 0.6) is 0 Å². The normalized spacial score (nSPS) is 12.8. The van der Waals surface area contributed by atoms with Crippen molar-refractivity contribution in [1.29, 1.82) is 0 Å². The summed E-state index contributed by atoms with van der Waals surface area (Å²) in [6.45, 7) is 16.4. The van der Waals surface area contributed by atoms with Crippen molar-refractivity contribution in [2.45, 2.75) is 179 Å². The minimum absolute atomic E-state index is 0.0732. The van der Waals surface area contributed by atoms with Crippen LogP contribution >= 0.6 is 43.2 Å². The number of hydrogen-bond donors (Lipinski definition) is 1.